The summed E-state index contributed by atoms with van der Waals surface area (Å²) >= 11 is 5.76. The Balaban J connectivity index is 2.98. The molecule has 0 saturated heterocycles. The van der Waals surface area contributed by atoms with E-state index in [1.807, 2.05) is 6.07 Å². The van der Waals surface area contributed by atoms with Crippen LogP contribution in [0.4, 0.5) is 0 Å². The van der Waals surface area contributed by atoms with Gasteiger partial charge in [-0.1, -0.05) is 11.6 Å². The zero-order valence-corrected chi connectivity index (χ0v) is 8.51. The van der Waals surface area contributed by atoms with Crippen molar-refractivity contribution in [1.29, 1.82) is 5.26 Å². The maximum atomic E-state index is 9.42. The molecule has 0 radical (unpaired) electrons. The van der Waals surface area contributed by atoms with Crippen LogP contribution in [0.5, 0.6) is 11.5 Å². The van der Waals surface area contributed by atoms with Gasteiger partial charge in [0.05, 0.1) is 13.2 Å². The molecule has 3 nitrogen and oxygen atoms in total. The second-order valence-corrected chi connectivity index (χ2v) is 3.17. The van der Waals surface area contributed by atoms with Gasteiger partial charge in [0.25, 0.3) is 0 Å². The molecule has 0 aromatic heterocycles. The number of nitriles is 1. The number of nitrogens with zero attached hydrogens (tertiary/aromatic N) is 1. The van der Waals surface area contributed by atoms with Gasteiger partial charge in [0.1, 0.15) is 16.5 Å². The Morgan fingerprint density at radius 3 is 2.86 bits per heavy atom. The molecule has 0 atom stereocenters. The molecule has 0 unspecified atom stereocenters. The van der Waals surface area contributed by atoms with E-state index < -0.39 is 0 Å². The summed E-state index contributed by atoms with van der Waals surface area (Å²) in [5.41, 5.74) is 0.838. The zero-order chi connectivity index (χ0) is 10.6. The van der Waals surface area contributed by atoms with Gasteiger partial charge in [0.2, 0.25) is 0 Å². The van der Waals surface area contributed by atoms with Crippen LogP contribution in [0.3, 0.4) is 0 Å². The first kappa shape index (κ1) is 10.7. The van der Waals surface area contributed by atoms with E-state index in [1.165, 1.54) is 7.11 Å². The standard InChI is InChI=1S/C10H10ClNO2/c1-14-9-6-7(3-2-4-12)5-8(13)10(9)11/h5-6,13H,2-3H2,1H3. The number of aromatic hydroxyl groups is 1. The lowest BCUT2D eigenvalue weighted by Crippen LogP contribution is -1.89. The maximum Gasteiger partial charge on any atom is 0.141 e. The third-order valence-electron chi connectivity index (χ3n) is 1.83. The number of phenols is 1. The largest absolute Gasteiger partial charge is 0.506 e. The Bertz CT molecular complexity index is 371. The van der Waals surface area contributed by atoms with Gasteiger partial charge in [-0.05, 0) is 24.1 Å². The van der Waals surface area contributed by atoms with Gasteiger partial charge in [-0.15, -0.1) is 0 Å². The summed E-state index contributed by atoms with van der Waals surface area (Å²) in [6, 6.07) is 5.30. The third-order valence-corrected chi connectivity index (χ3v) is 2.21. The molecule has 1 aromatic carbocycles. The summed E-state index contributed by atoms with van der Waals surface area (Å²) in [4.78, 5) is 0. The van der Waals surface area contributed by atoms with Crippen molar-refractivity contribution < 1.29 is 9.84 Å². The van der Waals surface area contributed by atoms with E-state index in [9.17, 15) is 5.11 Å². The highest BCUT2D eigenvalue weighted by Gasteiger charge is 2.08. The van der Waals surface area contributed by atoms with Crippen LogP contribution in [-0.4, -0.2) is 12.2 Å². The number of hydrogen-bond donors (Lipinski definition) is 1. The number of phenolic OH excluding ortho intramolecular Hbond substituents is 1. The van der Waals surface area contributed by atoms with Crippen molar-refractivity contribution in [2.45, 2.75) is 12.8 Å². The van der Waals surface area contributed by atoms with Crippen molar-refractivity contribution >= 4 is 11.6 Å². The first-order valence-corrected chi connectivity index (χ1v) is 4.49. The SMILES string of the molecule is COc1cc(CCC#N)cc(O)c1Cl. The summed E-state index contributed by atoms with van der Waals surface area (Å²) in [7, 11) is 1.48. The Labute approximate surface area is 87.5 Å². The topological polar surface area (TPSA) is 53.2 Å². The number of hydrogen-bond acceptors (Lipinski definition) is 3. The van der Waals surface area contributed by atoms with Gasteiger partial charge < -0.3 is 9.84 Å². The van der Waals surface area contributed by atoms with Crippen LogP contribution in [0.25, 0.3) is 0 Å². The zero-order valence-electron chi connectivity index (χ0n) is 7.75. The first-order chi connectivity index (χ1) is 6.69. The Morgan fingerprint density at radius 1 is 1.57 bits per heavy atom. The lowest BCUT2D eigenvalue weighted by Gasteiger charge is -2.07. The number of ether oxygens (including phenoxy) is 1. The average Bonchev–Trinajstić information content (AvgIpc) is 2.19. The molecule has 0 spiro atoms. The Kier molecular flexibility index (Phi) is 3.61. The molecule has 0 aliphatic carbocycles. The van der Waals surface area contributed by atoms with Gasteiger partial charge in [-0.2, -0.15) is 5.26 Å². The van der Waals surface area contributed by atoms with Crippen molar-refractivity contribution in [3.8, 4) is 17.6 Å². The molecule has 74 valence electrons. The van der Waals surface area contributed by atoms with Crippen molar-refractivity contribution in [1.82, 2.24) is 0 Å². The molecule has 1 aromatic rings. The van der Waals surface area contributed by atoms with Crippen LogP contribution in [0, 0.1) is 11.3 Å². The molecule has 0 aliphatic rings. The fourth-order valence-corrected chi connectivity index (χ4v) is 1.32. The minimum Gasteiger partial charge on any atom is -0.506 e. The third kappa shape index (κ3) is 2.30. The van der Waals surface area contributed by atoms with Gasteiger partial charge in [-0.25, -0.2) is 0 Å². The van der Waals surface area contributed by atoms with Crippen molar-refractivity contribution in [3.05, 3.63) is 22.7 Å². The number of halogens is 1. The Hall–Kier alpha value is -1.40. The van der Waals surface area contributed by atoms with Crippen LogP contribution in [0.15, 0.2) is 12.1 Å². The number of benzene rings is 1. The average molecular weight is 212 g/mol. The van der Waals surface area contributed by atoms with Gasteiger partial charge in [-0.3, -0.25) is 0 Å². The van der Waals surface area contributed by atoms with E-state index >= 15 is 0 Å². The highest BCUT2D eigenvalue weighted by molar-refractivity contribution is 6.33. The highest BCUT2D eigenvalue weighted by atomic mass is 35.5. The van der Waals surface area contributed by atoms with Crippen molar-refractivity contribution in [2.24, 2.45) is 0 Å². The summed E-state index contributed by atoms with van der Waals surface area (Å²) in [6.07, 6.45) is 0.988. The van der Waals surface area contributed by atoms with E-state index in [-0.39, 0.29) is 10.8 Å². The second kappa shape index (κ2) is 4.73. The molecular formula is C10H10ClNO2. The minimum atomic E-state index is -0.0149. The molecule has 0 bridgehead atoms. The smallest absolute Gasteiger partial charge is 0.141 e. The van der Waals surface area contributed by atoms with Crippen molar-refractivity contribution in [2.75, 3.05) is 7.11 Å². The van der Waals surface area contributed by atoms with E-state index in [4.69, 9.17) is 21.6 Å². The lowest BCUT2D eigenvalue weighted by atomic mass is 10.1. The van der Waals surface area contributed by atoms with Gasteiger partial charge >= 0.3 is 0 Å². The number of rotatable bonds is 3. The predicted octanol–water partition coefficient (Wildman–Crippen LogP) is 2.51. The van der Waals surface area contributed by atoms with Crippen LogP contribution >= 0.6 is 11.6 Å². The molecule has 14 heavy (non-hydrogen) atoms. The van der Waals surface area contributed by atoms with Crippen LogP contribution in [0.1, 0.15) is 12.0 Å². The molecule has 0 aliphatic heterocycles. The molecular weight excluding hydrogens is 202 g/mol. The molecule has 1 rings (SSSR count). The van der Waals surface area contributed by atoms with E-state index in [0.29, 0.717) is 18.6 Å². The summed E-state index contributed by atoms with van der Waals surface area (Å²) in [5.74, 6) is 0.415. The van der Waals surface area contributed by atoms with E-state index in [2.05, 4.69) is 0 Å². The fraction of sp³-hybridized carbons (Fsp3) is 0.300. The molecule has 0 amide bonds. The first-order valence-electron chi connectivity index (χ1n) is 4.11. The molecule has 4 heteroatoms. The number of aryl methyl sites for hydroxylation is 1. The Morgan fingerprint density at radius 2 is 2.29 bits per heavy atom. The summed E-state index contributed by atoms with van der Waals surface area (Å²) < 4.78 is 4.97. The lowest BCUT2D eigenvalue weighted by molar-refractivity contribution is 0.407. The molecule has 0 saturated carbocycles. The quantitative estimate of drug-likeness (QED) is 0.836. The fourth-order valence-electron chi connectivity index (χ4n) is 1.13. The van der Waals surface area contributed by atoms with E-state index in [1.54, 1.807) is 12.1 Å². The van der Waals surface area contributed by atoms with Gasteiger partial charge in [0.15, 0.2) is 0 Å². The highest BCUT2D eigenvalue weighted by Crippen LogP contribution is 2.34. The van der Waals surface area contributed by atoms with Crippen LogP contribution < -0.4 is 4.74 Å². The predicted molar refractivity (Wildman–Crippen MR) is 53.6 cm³/mol. The van der Waals surface area contributed by atoms with Crippen LogP contribution in [0.2, 0.25) is 5.02 Å². The monoisotopic (exact) mass is 211 g/mol. The molecule has 1 N–H and O–H groups in total. The van der Waals surface area contributed by atoms with E-state index in [0.717, 1.165) is 5.56 Å². The van der Waals surface area contributed by atoms with Crippen molar-refractivity contribution in [3.63, 3.8) is 0 Å². The van der Waals surface area contributed by atoms with Crippen LogP contribution in [-0.2, 0) is 6.42 Å². The molecule has 0 heterocycles. The maximum absolute atomic E-state index is 9.42. The molecule has 0 fully saturated rings. The number of methoxy groups -OCH3 is 1. The summed E-state index contributed by atoms with van der Waals surface area (Å²) in [5, 5.41) is 18.0. The minimum absolute atomic E-state index is 0.0149. The summed E-state index contributed by atoms with van der Waals surface area (Å²) in [6.45, 7) is 0. The van der Waals surface area contributed by atoms with Gasteiger partial charge in [0, 0.05) is 6.42 Å². The second-order valence-electron chi connectivity index (χ2n) is 2.79. The normalized spacial score (nSPS) is 9.50.